The molecule has 4 aromatic heterocycles. The Morgan fingerprint density at radius 2 is 2.00 bits per heavy atom. The molecule has 1 N–H and O–H groups in total. The number of rotatable bonds is 8. The number of hydrogen-bond donors (Lipinski definition) is 1. The Morgan fingerprint density at radius 1 is 1.09 bits per heavy atom. The van der Waals surface area contributed by atoms with E-state index in [9.17, 15) is 0 Å². The number of nitrogens with zero attached hydrogens (tertiary/aromatic N) is 8. The van der Waals surface area contributed by atoms with Crippen molar-refractivity contribution in [2.24, 2.45) is 7.05 Å². The molecule has 0 spiro atoms. The molecule has 180 valence electrons. The van der Waals surface area contributed by atoms with Crippen molar-refractivity contribution in [3.63, 3.8) is 0 Å². The molecule has 5 aromatic rings. The van der Waals surface area contributed by atoms with Crippen LogP contribution in [0.15, 0.2) is 42.9 Å². The molecule has 0 amide bonds. The molecule has 6 rings (SSSR count). The summed E-state index contributed by atoms with van der Waals surface area (Å²) in [6.07, 6.45) is 6.41. The van der Waals surface area contributed by atoms with Gasteiger partial charge in [-0.15, -0.1) is 10.2 Å². The van der Waals surface area contributed by atoms with E-state index in [0.29, 0.717) is 6.42 Å². The number of fused-ring (bicyclic) bond motifs is 2. The van der Waals surface area contributed by atoms with Crippen LogP contribution in [0.3, 0.4) is 0 Å². The molecule has 11 heteroatoms. The Bertz CT molecular complexity index is 1450. The fraction of sp³-hybridized carbons (Fsp3) is 0.375. The number of morpholine rings is 1. The second kappa shape index (κ2) is 9.78. The highest BCUT2D eigenvalue weighted by Crippen LogP contribution is 2.24. The van der Waals surface area contributed by atoms with Crippen molar-refractivity contribution >= 4 is 27.2 Å². The number of aryl methyl sites for hydroxylation is 1. The lowest BCUT2D eigenvalue weighted by atomic mass is 10.0. The normalized spacial score (nSPS) is 14.9. The molecule has 1 aromatic carbocycles. The zero-order valence-electron chi connectivity index (χ0n) is 19.6. The van der Waals surface area contributed by atoms with Crippen molar-refractivity contribution in [2.75, 3.05) is 39.4 Å². The molecular weight excluding hydrogens is 462 g/mol. The molecule has 35 heavy (non-hydrogen) atoms. The second-order valence-corrected chi connectivity index (χ2v) is 9.81. The number of nitrogens with one attached hydrogen (secondary N) is 1. The molecule has 5 heterocycles. The van der Waals surface area contributed by atoms with Gasteiger partial charge in [-0.05, 0) is 23.8 Å². The van der Waals surface area contributed by atoms with E-state index in [1.807, 2.05) is 30.2 Å². The van der Waals surface area contributed by atoms with E-state index in [1.54, 1.807) is 16.0 Å². The summed E-state index contributed by atoms with van der Waals surface area (Å²) in [5.74, 6) is 0.839. The van der Waals surface area contributed by atoms with Crippen LogP contribution in [-0.2, 0) is 24.8 Å². The van der Waals surface area contributed by atoms with Crippen LogP contribution >= 0.6 is 11.3 Å². The molecule has 0 unspecified atom stereocenters. The van der Waals surface area contributed by atoms with Gasteiger partial charge in [0.25, 0.3) is 0 Å². The van der Waals surface area contributed by atoms with E-state index in [1.165, 1.54) is 0 Å². The van der Waals surface area contributed by atoms with Gasteiger partial charge in [-0.25, -0.2) is 0 Å². The summed E-state index contributed by atoms with van der Waals surface area (Å²) in [7, 11) is 1.92. The first-order chi connectivity index (χ1) is 17.2. The topological polar surface area (TPSA) is 98.3 Å². The Hall–Kier alpha value is -3.25. The van der Waals surface area contributed by atoms with Crippen molar-refractivity contribution in [2.45, 2.75) is 13.0 Å². The predicted octanol–water partition coefficient (Wildman–Crippen LogP) is 2.15. The third kappa shape index (κ3) is 4.94. The Balaban J connectivity index is 1.14. The van der Waals surface area contributed by atoms with Crippen LogP contribution in [0.25, 0.3) is 27.0 Å². The van der Waals surface area contributed by atoms with Gasteiger partial charge in [0.05, 0.1) is 24.9 Å². The molecule has 0 atom stereocenters. The second-order valence-electron chi connectivity index (χ2n) is 8.77. The first-order valence-electron chi connectivity index (χ1n) is 11.8. The van der Waals surface area contributed by atoms with Crippen LogP contribution < -0.4 is 5.32 Å². The van der Waals surface area contributed by atoms with Gasteiger partial charge in [-0.2, -0.15) is 14.7 Å². The van der Waals surface area contributed by atoms with Crippen LogP contribution in [0.5, 0.6) is 0 Å². The average Bonchev–Trinajstić information content (AvgIpc) is 3.59. The van der Waals surface area contributed by atoms with Gasteiger partial charge in [0.1, 0.15) is 5.01 Å². The van der Waals surface area contributed by atoms with E-state index in [-0.39, 0.29) is 0 Å². The molecule has 0 radical (unpaired) electrons. The molecular formula is C24H27N9OS. The zero-order chi connectivity index (χ0) is 23.6. The van der Waals surface area contributed by atoms with Gasteiger partial charge in [0.2, 0.25) is 4.96 Å². The van der Waals surface area contributed by atoms with Crippen LogP contribution in [0.4, 0.5) is 0 Å². The standard InChI is InChI=1S/C24H27N9OS/c1-31-16-20(14-27-31)19-12-18-10-17(2-3-21(18)26-13-19)11-22-28-29-24-33(22)30-23(35-24)15-25-4-5-32-6-8-34-9-7-32/h2-3,10,12-14,16,25H,4-9,11,15H2,1H3. The Labute approximate surface area is 206 Å². The van der Waals surface area contributed by atoms with Crippen molar-refractivity contribution < 1.29 is 4.74 Å². The van der Waals surface area contributed by atoms with Gasteiger partial charge < -0.3 is 10.1 Å². The molecule has 0 bridgehead atoms. The fourth-order valence-electron chi connectivity index (χ4n) is 4.34. The molecule has 0 aliphatic carbocycles. The SMILES string of the molecule is Cn1cc(-c2cnc3ccc(Cc4nnc5sc(CNCCN6CCOCC6)nn45)cc3c2)cn1. The predicted molar refractivity (Wildman–Crippen MR) is 134 cm³/mol. The van der Waals surface area contributed by atoms with Gasteiger partial charge in [-0.1, -0.05) is 17.4 Å². The average molecular weight is 490 g/mol. The molecule has 1 fully saturated rings. The van der Waals surface area contributed by atoms with Gasteiger partial charge in [-0.3, -0.25) is 14.6 Å². The smallest absolute Gasteiger partial charge is 0.234 e. The minimum Gasteiger partial charge on any atom is -0.379 e. The molecule has 10 nitrogen and oxygen atoms in total. The minimum absolute atomic E-state index is 0.655. The van der Waals surface area contributed by atoms with Crippen molar-refractivity contribution in [3.8, 4) is 11.1 Å². The largest absolute Gasteiger partial charge is 0.379 e. The summed E-state index contributed by atoms with van der Waals surface area (Å²) in [5.41, 5.74) is 4.22. The molecule has 1 aliphatic rings. The number of benzene rings is 1. The Kier molecular flexibility index (Phi) is 6.21. The molecule has 1 aliphatic heterocycles. The lowest BCUT2D eigenvalue weighted by molar-refractivity contribution is 0.0384. The van der Waals surface area contributed by atoms with Gasteiger partial charge in [0, 0.05) is 75.1 Å². The van der Waals surface area contributed by atoms with E-state index < -0.39 is 0 Å². The number of ether oxygens (including phenoxy) is 1. The first-order valence-corrected chi connectivity index (χ1v) is 12.6. The Morgan fingerprint density at radius 3 is 2.86 bits per heavy atom. The maximum absolute atomic E-state index is 5.41. The lowest BCUT2D eigenvalue weighted by Crippen LogP contribution is -2.40. The van der Waals surface area contributed by atoms with Crippen LogP contribution in [-0.4, -0.2) is 78.9 Å². The maximum atomic E-state index is 5.41. The maximum Gasteiger partial charge on any atom is 0.234 e. The number of aromatic nitrogens is 7. The monoisotopic (exact) mass is 489 g/mol. The minimum atomic E-state index is 0.655. The summed E-state index contributed by atoms with van der Waals surface area (Å²) in [4.78, 5) is 7.87. The quantitative estimate of drug-likeness (QED) is 0.331. The van der Waals surface area contributed by atoms with Crippen molar-refractivity contribution in [1.82, 2.24) is 44.8 Å². The highest BCUT2D eigenvalue weighted by Gasteiger charge is 2.14. The summed E-state index contributed by atoms with van der Waals surface area (Å²) < 4.78 is 9.08. The molecule has 0 saturated carbocycles. The number of hydrogen-bond acceptors (Lipinski definition) is 9. The van der Waals surface area contributed by atoms with Crippen molar-refractivity contribution in [3.05, 3.63) is 59.3 Å². The highest BCUT2D eigenvalue weighted by atomic mass is 32.1. The summed E-state index contributed by atoms with van der Waals surface area (Å²) in [5, 5.41) is 23.4. The molecule has 1 saturated heterocycles. The van der Waals surface area contributed by atoms with Gasteiger partial charge >= 0.3 is 0 Å². The van der Waals surface area contributed by atoms with Crippen molar-refractivity contribution in [1.29, 1.82) is 0 Å². The lowest BCUT2D eigenvalue weighted by Gasteiger charge is -2.26. The van der Waals surface area contributed by atoms with E-state index in [0.717, 1.165) is 89.3 Å². The summed E-state index contributed by atoms with van der Waals surface area (Å²) in [6.45, 7) is 6.38. The summed E-state index contributed by atoms with van der Waals surface area (Å²) in [6, 6.07) is 8.48. The van der Waals surface area contributed by atoms with Gasteiger partial charge in [0.15, 0.2) is 5.82 Å². The fourth-order valence-corrected chi connectivity index (χ4v) is 5.16. The van der Waals surface area contributed by atoms with Crippen LogP contribution in [0.1, 0.15) is 16.4 Å². The zero-order valence-corrected chi connectivity index (χ0v) is 20.4. The third-order valence-corrected chi connectivity index (χ3v) is 7.13. The first kappa shape index (κ1) is 22.2. The van der Waals surface area contributed by atoms with E-state index in [2.05, 4.69) is 54.8 Å². The van der Waals surface area contributed by atoms with E-state index >= 15 is 0 Å². The van der Waals surface area contributed by atoms with E-state index in [4.69, 9.17) is 9.84 Å². The van der Waals surface area contributed by atoms with Crippen LogP contribution in [0.2, 0.25) is 0 Å². The summed E-state index contributed by atoms with van der Waals surface area (Å²) >= 11 is 1.58. The van der Waals surface area contributed by atoms with Crippen LogP contribution in [0, 0.1) is 0 Å². The highest BCUT2D eigenvalue weighted by molar-refractivity contribution is 7.16. The third-order valence-electron chi connectivity index (χ3n) is 6.23. The number of pyridine rings is 1.